The van der Waals surface area contributed by atoms with Crippen LogP contribution in [0, 0.1) is 0 Å². The van der Waals surface area contributed by atoms with Gasteiger partial charge in [-0.3, -0.25) is 4.79 Å². The second-order valence-electron chi connectivity index (χ2n) is 6.99. The van der Waals surface area contributed by atoms with Gasteiger partial charge >= 0.3 is 0 Å². The zero-order valence-corrected chi connectivity index (χ0v) is 20.4. The fourth-order valence-corrected chi connectivity index (χ4v) is 4.89. The van der Waals surface area contributed by atoms with Gasteiger partial charge in [-0.1, -0.05) is 71.2 Å². The van der Waals surface area contributed by atoms with Crippen LogP contribution in [0.1, 0.15) is 11.1 Å². The Morgan fingerprint density at radius 1 is 0.939 bits per heavy atom. The van der Waals surface area contributed by atoms with Gasteiger partial charge in [-0.25, -0.2) is 13.8 Å². The van der Waals surface area contributed by atoms with Crippen molar-refractivity contribution in [1.82, 2.24) is 9.73 Å². The maximum atomic E-state index is 13.2. The first-order valence-electron chi connectivity index (χ1n) is 9.82. The summed E-state index contributed by atoms with van der Waals surface area (Å²) in [6, 6.07) is 20.1. The van der Waals surface area contributed by atoms with Crippen molar-refractivity contribution in [3.63, 3.8) is 0 Å². The quantitative estimate of drug-likeness (QED) is 0.315. The molecule has 0 saturated heterocycles. The number of hydrazone groups is 1. The van der Waals surface area contributed by atoms with Crippen LogP contribution in [-0.2, 0) is 21.2 Å². The Morgan fingerprint density at radius 3 is 2.27 bits per heavy atom. The lowest BCUT2D eigenvalue weighted by Gasteiger charge is -2.21. The number of amides is 1. The molecular formula is C23H20Cl3N3O3S. The van der Waals surface area contributed by atoms with Gasteiger partial charge in [0.25, 0.3) is 5.91 Å². The van der Waals surface area contributed by atoms with Crippen LogP contribution in [0.3, 0.4) is 0 Å². The number of rotatable bonds is 9. The van der Waals surface area contributed by atoms with Gasteiger partial charge < -0.3 is 0 Å². The van der Waals surface area contributed by atoms with E-state index in [2.05, 4.69) is 10.5 Å². The van der Waals surface area contributed by atoms with Gasteiger partial charge in [-0.05, 0) is 48.4 Å². The van der Waals surface area contributed by atoms with E-state index in [0.717, 1.165) is 9.87 Å². The minimum atomic E-state index is -3.95. The normalized spacial score (nSPS) is 11.8. The molecule has 0 bridgehead atoms. The van der Waals surface area contributed by atoms with Crippen molar-refractivity contribution in [3.8, 4) is 0 Å². The summed E-state index contributed by atoms with van der Waals surface area (Å²) >= 11 is 17.8. The predicted octanol–water partition coefficient (Wildman–Crippen LogP) is 5.03. The molecule has 0 aliphatic rings. The Morgan fingerprint density at radius 2 is 1.61 bits per heavy atom. The fraction of sp³-hybridized carbons (Fsp3) is 0.130. The third-order valence-electron chi connectivity index (χ3n) is 4.62. The summed E-state index contributed by atoms with van der Waals surface area (Å²) in [6.45, 7) is -0.307. The second-order valence-corrected chi connectivity index (χ2v) is 10.2. The van der Waals surface area contributed by atoms with Gasteiger partial charge in [0.05, 0.1) is 22.7 Å². The molecule has 1 N–H and O–H groups in total. The number of nitrogens with zero attached hydrogens (tertiary/aromatic N) is 2. The minimum absolute atomic E-state index is 0.0456. The molecule has 3 rings (SSSR count). The highest BCUT2D eigenvalue weighted by molar-refractivity contribution is 7.89. The Hall–Kier alpha value is -2.42. The highest BCUT2D eigenvalue weighted by Crippen LogP contribution is 2.20. The van der Waals surface area contributed by atoms with Crippen molar-refractivity contribution in [2.75, 3.05) is 13.1 Å². The van der Waals surface area contributed by atoms with E-state index in [1.165, 1.54) is 30.5 Å². The van der Waals surface area contributed by atoms with E-state index in [9.17, 15) is 13.2 Å². The molecule has 0 heterocycles. The minimum Gasteiger partial charge on any atom is -0.272 e. The first kappa shape index (κ1) is 25.2. The van der Waals surface area contributed by atoms with Gasteiger partial charge in [-0.2, -0.15) is 9.41 Å². The molecule has 0 aliphatic carbocycles. The first-order chi connectivity index (χ1) is 15.8. The maximum absolute atomic E-state index is 13.2. The third kappa shape index (κ3) is 7.28. The lowest BCUT2D eigenvalue weighted by atomic mass is 10.1. The van der Waals surface area contributed by atoms with Crippen LogP contribution in [0.15, 0.2) is 82.8 Å². The molecule has 10 heteroatoms. The van der Waals surface area contributed by atoms with E-state index in [-0.39, 0.29) is 11.4 Å². The van der Waals surface area contributed by atoms with E-state index < -0.39 is 22.5 Å². The molecule has 3 aromatic carbocycles. The molecule has 0 aromatic heterocycles. The van der Waals surface area contributed by atoms with Crippen molar-refractivity contribution < 1.29 is 13.2 Å². The van der Waals surface area contributed by atoms with E-state index in [0.29, 0.717) is 27.1 Å². The molecule has 0 aliphatic heterocycles. The van der Waals surface area contributed by atoms with E-state index >= 15 is 0 Å². The molecule has 6 nitrogen and oxygen atoms in total. The molecule has 0 atom stereocenters. The largest absolute Gasteiger partial charge is 0.272 e. The van der Waals surface area contributed by atoms with Crippen LogP contribution < -0.4 is 5.43 Å². The number of hydrogen-bond acceptors (Lipinski definition) is 4. The summed E-state index contributed by atoms with van der Waals surface area (Å²) in [5.74, 6) is -0.595. The topological polar surface area (TPSA) is 78.8 Å². The summed E-state index contributed by atoms with van der Waals surface area (Å²) in [4.78, 5) is 12.6. The van der Waals surface area contributed by atoms with Crippen LogP contribution in [0.25, 0.3) is 0 Å². The Kier molecular flexibility index (Phi) is 8.88. The smallest absolute Gasteiger partial charge is 0.255 e. The molecule has 0 spiro atoms. The second kappa shape index (κ2) is 11.6. The Labute approximate surface area is 207 Å². The summed E-state index contributed by atoms with van der Waals surface area (Å²) in [6.07, 6.45) is 1.79. The van der Waals surface area contributed by atoms with Crippen LogP contribution in [0.4, 0.5) is 0 Å². The highest BCUT2D eigenvalue weighted by atomic mass is 35.5. The van der Waals surface area contributed by atoms with E-state index in [1.807, 2.05) is 30.3 Å². The molecule has 0 radical (unpaired) electrons. The van der Waals surface area contributed by atoms with Crippen molar-refractivity contribution in [3.05, 3.63) is 99.0 Å². The van der Waals surface area contributed by atoms with Crippen molar-refractivity contribution >= 4 is 56.9 Å². The average molecular weight is 525 g/mol. The number of benzene rings is 3. The van der Waals surface area contributed by atoms with Crippen LogP contribution in [0.5, 0.6) is 0 Å². The van der Waals surface area contributed by atoms with E-state index in [4.69, 9.17) is 34.8 Å². The summed E-state index contributed by atoms with van der Waals surface area (Å²) in [5, 5.41) is 5.14. The summed E-state index contributed by atoms with van der Waals surface area (Å²) in [5.41, 5.74) is 3.85. The molecule has 33 heavy (non-hydrogen) atoms. The van der Waals surface area contributed by atoms with Gasteiger partial charge in [-0.15, -0.1) is 0 Å². The number of carbonyl (C=O) groups excluding carboxylic acids is 1. The van der Waals surface area contributed by atoms with Gasteiger partial charge in [0.1, 0.15) is 0 Å². The van der Waals surface area contributed by atoms with Crippen molar-refractivity contribution in [1.29, 1.82) is 0 Å². The lowest BCUT2D eigenvalue weighted by Crippen LogP contribution is -2.40. The van der Waals surface area contributed by atoms with Crippen LogP contribution in [0.2, 0.25) is 15.1 Å². The lowest BCUT2D eigenvalue weighted by molar-refractivity contribution is -0.121. The average Bonchev–Trinajstić information content (AvgIpc) is 2.79. The number of carbonyl (C=O) groups is 1. The van der Waals surface area contributed by atoms with Crippen molar-refractivity contribution in [2.45, 2.75) is 11.3 Å². The van der Waals surface area contributed by atoms with Gasteiger partial charge in [0.15, 0.2) is 0 Å². The summed E-state index contributed by atoms with van der Waals surface area (Å²) in [7, 11) is -3.95. The third-order valence-corrected chi connectivity index (χ3v) is 7.29. The monoisotopic (exact) mass is 523 g/mol. The predicted molar refractivity (Wildman–Crippen MR) is 133 cm³/mol. The molecule has 0 fully saturated rings. The van der Waals surface area contributed by atoms with E-state index in [1.54, 1.807) is 18.2 Å². The number of halogens is 3. The molecule has 172 valence electrons. The Bertz CT molecular complexity index is 1230. The molecule has 0 unspecified atom stereocenters. The molecule has 1 amide bonds. The number of hydrogen-bond donors (Lipinski definition) is 1. The SMILES string of the molecule is O=C(CN(CCc1ccccc1)S(=O)(=O)c1ccc(Cl)cc1)NN=Cc1ccc(Cl)cc1Cl. The van der Waals surface area contributed by atoms with Gasteiger partial charge in [0, 0.05) is 22.2 Å². The Balaban J connectivity index is 1.74. The zero-order chi connectivity index (χ0) is 23.8. The number of sulfonamides is 1. The van der Waals surface area contributed by atoms with Crippen LogP contribution in [-0.4, -0.2) is 37.9 Å². The highest BCUT2D eigenvalue weighted by Gasteiger charge is 2.26. The first-order valence-corrected chi connectivity index (χ1v) is 12.4. The summed E-state index contributed by atoms with van der Waals surface area (Å²) < 4.78 is 27.5. The fourth-order valence-electron chi connectivity index (χ4n) is 2.91. The van der Waals surface area contributed by atoms with Gasteiger partial charge in [0.2, 0.25) is 10.0 Å². The molecule has 3 aromatic rings. The maximum Gasteiger partial charge on any atom is 0.255 e. The van der Waals surface area contributed by atoms with Crippen LogP contribution >= 0.6 is 34.8 Å². The number of nitrogens with one attached hydrogen (secondary N) is 1. The standard InChI is InChI=1S/C23H20Cl3N3O3S/c24-19-8-10-21(11-9-19)33(31,32)29(13-12-17-4-2-1-3-5-17)16-23(30)28-27-15-18-6-7-20(25)14-22(18)26/h1-11,14-15H,12-13,16H2,(H,28,30). The van der Waals surface area contributed by atoms with Crippen molar-refractivity contribution in [2.24, 2.45) is 5.10 Å². The molecule has 0 saturated carbocycles. The zero-order valence-electron chi connectivity index (χ0n) is 17.3. The molecular weight excluding hydrogens is 505 g/mol.